The maximum absolute atomic E-state index is 13.2. The van der Waals surface area contributed by atoms with Crippen molar-refractivity contribution in [1.29, 1.82) is 0 Å². The summed E-state index contributed by atoms with van der Waals surface area (Å²) in [7, 11) is -3.60. The summed E-state index contributed by atoms with van der Waals surface area (Å²) in [5.74, 6) is 0.763. The molecule has 192 valence electrons. The molecule has 2 aromatic carbocycles. The van der Waals surface area contributed by atoms with E-state index in [1.54, 1.807) is 24.3 Å². The monoisotopic (exact) mass is 511 g/mol. The van der Waals surface area contributed by atoms with Gasteiger partial charge in [0.25, 0.3) is 5.91 Å². The molecule has 0 aliphatic carbocycles. The Labute approximate surface area is 212 Å². The molecule has 0 bridgehead atoms. The number of benzene rings is 2. The normalized spacial score (nSPS) is 21.7. The molecule has 36 heavy (non-hydrogen) atoms. The van der Waals surface area contributed by atoms with Crippen molar-refractivity contribution in [3.05, 3.63) is 71.8 Å². The number of morpholine rings is 1. The van der Waals surface area contributed by atoms with E-state index >= 15 is 0 Å². The Bertz CT molecular complexity index is 1200. The molecular weight excluding hydrogens is 478 g/mol. The van der Waals surface area contributed by atoms with Gasteiger partial charge in [-0.1, -0.05) is 24.3 Å². The summed E-state index contributed by atoms with van der Waals surface area (Å²) in [5, 5.41) is 2.60. The number of hydrogen-bond donors (Lipinski definition) is 1. The van der Waals surface area contributed by atoms with Gasteiger partial charge in [0, 0.05) is 36.8 Å². The highest BCUT2D eigenvalue weighted by Crippen LogP contribution is 2.33. The maximum atomic E-state index is 13.2. The Morgan fingerprint density at radius 3 is 2.64 bits per heavy atom. The van der Waals surface area contributed by atoms with Crippen molar-refractivity contribution in [2.24, 2.45) is 0 Å². The van der Waals surface area contributed by atoms with E-state index in [9.17, 15) is 13.2 Å². The number of hydrogen-bond acceptors (Lipinski definition) is 7. The topological polar surface area (TPSA) is 88.2 Å². The van der Waals surface area contributed by atoms with Crippen molar-refractivity contribution in [3.8, 4) is 5.75 Å². The average Bonchev–Trinajstić information content (AvgIpc) is 3.26. The van der Waals surface area contributed by atoms with E-state index in [1.807, 2.05) is 28.0 Å². The lowest BCUT2D eigenvalue weighted by molar-refractivity contribution is 0.0374. The highest BCUT2D eigenvalue weighted by molar-refractivity contribution is 7.92. The van der Waals surface area contributed by atoms with Crippen LogP contribution in [0.1, 0.15) is 34.3 Å². The molecule has 1 amide bonds. The number of piperidine rings is 1. The zero-order valence-corrected chi connectivity index (χ0v) is 21.2. The van der Waals surface area contributed by atoms with Gasteiger partial charge in [0.05, 0.1) is 24.7 Å². The molecule has 3 heterocycles. The van der Waals surface area contributed by atoms with Gasteiger partial charge in [-0.2, -0.15) is 0 Å². The fraction of sp³-hybridized carbons (Fsp3) is 0.444. The molecule has 9 heteroatoms. The van der Waals surface area contributed by atoms with Crippen LogP contribution in [0.2, 0.25) is 0 Å². The number of carbonyl (C=O) groups excluding carboxylic acids is 1. The van der Waals surface area contributed by atoms with Crippen LogP contribution in [-0.2, 0) is 27.7 Å². The number of rotatable bonds is 8. The van der Waals surface area contributed by atoms with E-state index in [1.165, 1.54) is 6.08 Å². The first-order valence-corrected chi connectivity index (χ1v) is 14.1. The minimum atomic E-state index is -3.60. The van der Waals surface area contributed by atoms with E-state index in [0.717, 1.165) is 37.1 Å². The summed E-state index contributed by atoms with van der Waals surface area (Å²) in [5.41, 5.74) is 2.48. The van der Waals surface area contributed by atoms with Crippen molar-refractivity contribution in [3.63, 3.8) is 0 Å². The SMILES string of the molecule is C=CC(N1CCOCC1)S(=O)(=O)c1ccc(COc2cccc3c2CN(C2CCCNC2)C3=O)cc1. The third kappa shape index (κ3) is 4.93. The van der Waals surface area contributed by atoms with E-state index < -0.39 is 15.2 Å². The van der Waals surface area contributed by atoms with Crippen LogP contribution in [0.25, 0.3) is 0 Å². The van der Waals surface area contributed by atoms with Gasteiger partial charge in [-0.05, 0) is 49.2 Å². The Kier molecular flexibility index (Phi) is 7.43. The van der Waals surface area contributed by atoms with Gasteiger partial charge in [-0.25, -0.2) is 8.42 Å². The van der Waals surface area contributed by atoms with Crippen molar-refractivity contribution in [1.82, 2.24) is 15.1 Å². The molecule has 0 spiro atoms. The highest BCUT2D eigenvalue weighted by Gasteiger charge is 2.35. The molecule has 2 unspecified atom stereocenters. The van der Waals surface area contributed by atoms with Gasteiger partial charge in [0.1, 0.15) is 17.7 Å². The number of fused-ring (bicyclic) bond motifs is 1. The summed E-state index contributed by atoms with van der Waals surface area (Å²) in [4.78, 5) is 17.1. The lowest BCUT2D eigenvalue weighted by atomic mass is 10.1. The van der Waals surface area contributed by atoms with Gasteiger partial charge >= 0.3 is 0 Å². The summed E-state index contributed by atoms with van der Waals surface area (Å²) < 4.78 is 38.0. The fourth-order valence-corrected chi connectivity index (χ4v) is 6.89. The Morgan fingerprint density at radius 1 is 1.17 bits per heavy atom. The number of carbonyl (C=O) groups is 1. The van der Waals surface area contributed by atoms with Crippen molar-refractivity contribution >= 4 is 15.7 Å². The van der Waals surface area contributed by atoms with Crippen LogP contribution in [0.5, 0.6) is 5.75 Å². The van der Waals surface area contributed by atoms with Crippen LogP contribution in [0.4, 0.5) is 0 Å². The van der Waals surface area contributed by atoms with Gasteiger partial charge in [0.15, 0.2) is 9.84 Å². The molecule has 1 N–H and O–H groups in total. The molecule has 2 saturated heterocycles. The second kappa shape index (κ2) is 10.7. The number of ether oxygens (including phenoxy) is 2. The minimum absolute atomic E-state index is 0.0655. The zero-order chi connectivity index (χ0) is 25.1. The van der Waals surface area contributed by atoms with E-state index in [2.05, 4.69) is 11.9 Å². The predicted molar refractivity (Wildman–Crippen MR) is 137 cm³/mol. The highest BCUT2D eigenvalue weighted by atomic mass is 32.2. The van der Waals surface area contributed by atoms with Gasteiger partial charge < -0.3 is 19.7 Å². The molecule has 0 aromatic heterocycles. The lowest BCUT2D eigenvalue weighted by Gasteiger charge is -2.32. The first-order valence-electron chi connectivity index (χ1n) is 12.5. The van der Waals surface area contributed by atoms with Crippen LogP contribution < -0.4 is 10.1 Å². The molecule has 0 radical (unpaired) electrons. The molecule has 2 aromatic rings. The number of sulfone groups is 1. The summed E-state index contributed by atoms with van der Waals surface area (Å²) >= 11 is 0. The summed E-state index contributed by atoms with van der Waals surface area (Å²) in [6, 6.07) is 12.6. The zero-order valence-electron chi connectivity index (χ0n) is 20.4. The average molecular weight is 512 g/mol. The number of nitrogens with zero attached hydrogens (tertiary/aromatic N) is 2. The maximum Gasteiger partial charge on any atom is 0.254 e. The number of nitrogens with one attached hydrogen (secondary N) is 1. The molecule has 2 fully saturated rings. The molecule has 5 rings (SSSR count). The van der Waals surface area contributed by atoms with Gasteiger partial charge in [-0.15, -0.1) is 6.58 Å². The van der Waals surface area contributed by atoms with Crippen LogP contribution in [-0.4, -0.2) is 74.9 Å². The molecular formula is C27H33N3O5S. The van der Waals surface area contributed by atoms with Crippen LogP contribution in [0.3, 0.4) is 0 Å². The second-order valence-electron chi connectivity index (χ2n) is 9.47. The van der Waals surface area contributed by atoms with Crippen molar-refractivity contribution in [2.45, 2.75) is 42.3 Å². The third-order valence-electron chi connectivity index (χ3n) is 7.24. The Hall–Kier alpha value is -2.72. The van der Waals surface area contributed by atoms with E-state index in [0.29, 0.717) is 44.2 Å². The number of amides is 1. The summed E-state index contributed by atoms with van der Waals surface area (Å²) in [6.45, 7) is 8.57. The molecule has 0 saturated carbocycles. The first kappa shape index (κ1) is 25.0. The minimum Gasteiger partial charge on any atom is -0.489 e. The van der Waals surface area contributed by atoms with E-state index in [-0.39, 0.29) is 23.5 Å². The van der Waals surface area contributed by atoms with Crippen LogP contribution >= 0.6 is 0 Å². The van der Waals surface area contributed by atoms with Crippen molar-refractivity contribution in [2.75, 3.05) is 39.4 Å². The fourth-order valence-electron chi connectivity index (χ4n) is 5.24. The molecule has 2 atom stereocenters. The van der Waals surface area contributed by atoms with Crippen LogP contribution in [0, 0.1) is 0 Å². The third-order valence-corrected chi connectivity index (χ3v) is 9.29. The Morgan fingerprint density at radius 2 is 1.94 bits per heavy atom. The van der Waals surface area contributed by atoms with Crippen molar-refractivity contribution < 1.29 is 22.7 Å². The van der Waals surface area contributed by atoms with Crippen LogP contribution in [0.15, 0.2) is 60.0 Å². The second-order valence-corrected chi connectivity index (χ2v) is 11.5. The molecule has 3 aliphatic rings. The van der Waals surface area contributed by atoms with Gasteiger partial charge in [-0.3, -0.25) is 9.69 Å². The lowest BCUT2D eigenvalue weighted by Crippen LogP contribution is -2.46. The standard InChI is InChI=1S/C27H33N3O5S/c1-2-26(29-13-15-34-16-14-29)36(32,33)22-10-8-20(9-11-22)19-35-25-7-3-6-23-24(25)18-30(27(23)31)21-5-4-12-28-17-21/h2-3,6-11,21,26,28H,1,4-5,12-19H2. The first-order chi connectivity index (χ1) is 17.5. The van der Waals surface area contributed by atoms with E-state index in [4.69, 9.17) is 9.47 Å². The smallest absolute Gasteiger partial charge is 0.254 e. The molecule has 8 nitrogen and oxygen atoms in total. The quantitative estimate of drug-likeness (QED) is 0.545. The predicted octanol–water partition coefficient (Wildman–Crippen LogP) is 2.59. The van der Waals surface area contributed by atoms with Gasteiger partial charge in [0.2, 0.25) is 0 Å². The largest absolute Gasteiger partial charge is 0.489 e. The molecule has 3 aliphatic heterocycles. The summed E-state index contributed by atoms with van der Waals surface area (Å²) in [6.07, 6.45) is 3.57. The Balaban J connectivity index is 1.26.